The lowest BCUT2D eigenvalue weighted by Gasteiger charge is -2.56. The van der Waals surface area contributed by atoms with Crippen molar-refractivity contribution in [1.82, 2.24) is 30.7 Å². The lowest BCUT2D eigenvalue weighted by molar-refractivity contribution is -0.0987. The van der Waals surface area contributed by atoms with Crippen LogP contribution in [0.4, 0.5) is 0 Å². The van der Waals surface area contributed by atoms with Crippen LogP contribution in [0.15, 0.2) is 45.8 Å². The molecule has 0 aromatic heterocycles. The van der Waals surface area contributed by atoms with Gasteiger partial charge in [0.2, 0.25) is 0 Å². The summed E-state index contributed by atoms with van der Waals surface area (Å²) in [6.07, 6.45) is 41.0. The molecular weight excluding hydrogens is 1150 g/mol. The molecule has 5 N–H and O–H groups in total. The molecule has 12 nitrogen and oxygen atoms in total. The van der Waals surface area contributed by atoms with Gasteiger partial charge in [0.05, 0.1) is 0 Å². The maximum absolute atomic E-state index is 8.00. The van der Waals surface area contributed by atoms with Crippen molar-refractivity contribution < 1.29 is 26.7 Å². The number of methoxy groups -OCH3 is 1. The Morgan fingerprint density at radius 2 is 1.44 bits per heavy atom. The fourth-order valence-electron chi connectivity index (χ4n) is 17.4. The highest BCUT2D eigenvalue weighted by atomic mass is 16.5. The first-order valence-corrected chi connectivity index (χ1v) is 38.1. The van der Waals surface area contributed by atoms with Gasteiger partial charge in [-0.15, -0.1) is 0 Å². The van der Waals surface area contributed by atoms with Gasteiger partial charge in [-0.05, 0) is 262 Å². The lowest BCUT2D eigenvalue weighted by Crippen LogP contribution is -2.50. The standard InChI is InChI=1S/C47H81N3O.C25H50N4O.2C2H6.3CH2O.2CH4.2H2/c1-10-14-21-46(6,7)43-31-38-30-41(50(26-12-3)27-20-35(5)40-32-47(33-40)22-16-23-47)18-19-42(38)37(13-4)29-39-28-36(17-15-25-48-24-11-2)34-49(8)44(39)45(43)51-9;1-20-18-23(22-9-16-30-17-10-22)7-8-24-6-5-15-29(24)25(21(20)2)19-28-14-13-27-12-4-3-11-26;5*1-2;;;;/h28,30,35,37,40,43,45,48H,10-27,29,31-34H2,1-9H3;20-25,27-28H,3-19,26H2,1-2H3;2*1-2H3;3*1H2;2*1H4;2*1H/t35?,37?,43?,45-;20?,21?,23?,24-,25+;;;;;;;;;/m00........./s1. The van der Waals surface area contributed by atoms with Gasteiger partial charge in [0.1, 0.15) is 26.5 Å². The van der Waals surface area contributed by atoms with E-state index in [0.29, 0.717) is 17.9 Å². The summed E-state index contributed by atoms with van der Waals surface area (Å²) < 4.78 is 12.4. The third-order valence-electron chi connectivity index (χ3n) is 23.0. The van der Waals surface area contributed by atoms with Crippen LogP contribution in [0.25, 0.3) is 0 Å². The van der Waals surface area contributed by atoms with Crippen LogP contribution in [-0.4, -0.2) is 153 Å². The monoisotopic (exact) mass is 1310 g/mol. The van der Waals surface area contributed by atoms with Crippen molar-refractivity contribution in [3.8, 4) is 0 Å². The van der Waals surface area contributed by atoms with Crippen molar-refractivity contribution in [2.24, 2.45) is 63.9 Å². The first kappa shape index (κ1) is 90.3. The van der Waals surface area contributed by atoms with Crippen molar-refractivity contribution in [3.63, 3.8) is 0 Å². The number of nitrogens with two attached hydrogens (primary N) is 1. The predicted octanol–water partition coefficient (Wildman–Crippen LogP) is 18.4. The number of ether oxygens (including phenoxy) is 2. The zero-order valence-electron chi connectivity index (χ0n) is 62.4. The molecule has 1 spiro atoms. The zero-order chi connectivity index (χ0) is 67.8. The molecule has 0 radical (unpaired) electrons. The van der Waals surface area contributed by atoms with E-state index in [9.17, 15) is 0 Å². The summed E-state index contributed by atoms with van der Waals surface area (Å²) in [5.74, 6) is 6.25. The summed E-state index contributed by atoms with van der Waals surface area (Å²) in [5, 5.41) is 11.0. The van der Waals surface area contributed by atoms with Crippen LogP contribution < -0.4 is 21.7 Å². The highest BCUT2D eigenvalue weighted by molar-refractivity contribution is 5.42. The van der Waals surface area contributed by atoms with Gasteiger partial charge in [-0.25, -0.2) is 0 Å². The van der Waals surface area contributed by atoms with Crippen LogP contribution >= 0.6 is 0 Å². The van der Waals surface area contributed by atoms with Crippen LogP contribution in [0, 0.1) is 58.2 Å². The molecule has 3 saturated heterocycles. The molecule has 12 heteroatoms. The van der Waals surface area contributed by atoms with Crippen LogP contribution in [-0.2, 0) is 23.9 Å². The Bertz CT molecular complexity index is 2020. The molecule has 0 amide bonds. The number of likely N-dealkylation sites (N-methyl/N-ethyl adjacent to an activating group) is 1. The summed E-state index contributed by atoms with van der Waals surface area (Å²) in [5.41, 5.74) is 16.3. The van der Waals surface area contributed by atoms with E-state index in [1.807, 2.05) is 55.2 Å². The minimum atomic E-state index is 0. The smallest absolute Gasteiger partial charge is 0.106 e. The van der Waals surface area contributed by atoms with Gasteiger partial charge in [0.25, 0.3) is 0 Å². The fourth-order valence-corrected chi connectivity index (χ4v) is 17.4. The Labute approximate surface area is 580 Å². The number of rotatable bonds is 29. The van der Waals surface area contributed by atoms with Crippen molar-refractivity contribution in [3.05, 3.63) is 45.8 Å². The number of fused-ring (bicyclic) bond motifs is 1. The second-order valence-electron chi connectivity index (χ2n) is 29.2. The van der Waals surface area contributed by atoms with E-state index in [1.165, 1.54) is 179 Å². The first-order valence-electron chi connectivity index (χ1n) is 38.1. The summed E-state index contributed by atoms with van der Waals surface area (Å²) >= 11 is 0. The Kier molecular flexibility index (Phi) is 50.0. The topological polar surface area (TPSA) is 142 Å². The quantitative estimate of drug-likeness (QED) is 0.0530. The van der Waals surface area contributed by atoms with Gasteiger partial charge in [-0.2, -0.15) is 0 Å². The van der Waals surface area contributed by atoms with E-state index >= 15 is 0 Å². The molecule has 4 aliphatic carbocycles. The van der Waals surface area contributed by atoms with E-state index < -0.39 is 0 Å². The molecule has 9 atom stereocenters. The number of nitrogens with zero attached hydrogens (tertiary/aromatic N) is 3. The molecule has 0 aromatic carbocycles. The van der Waals surface area contributed by atoms with Crippen LogP contribution in [0.3, 0.4) is 0 Å². The van der Waals surface area contributed by atoms with Gasteiger partial charge >= 0.3 is 0 Å². The zero-order valence-corrected chi connectivity index (χ0v) is 62.4. The third-order valence-corrected chi connectivity index (χ3v) is 23.0. The number of hydrogen-bond donors (Lipinski definition) is 4. The highest BCUT2D eigenvalue weighted by Gasteiger charge is 2.49. The van der Waals surface area contributed by atoms with Crippen molar-refractivity contribution in [2.45, 2.75) is 296 Å². The fraction of sp³-hybridized carbons (Fsp3) is 0.864. The number of hydrogen-bond acceptors (Lipinski definition) is 12. The van der Waals surface area contributed by atoms with Crippen LogP contribution in [0.5, 0.6) is 0 Å². The summed E-state index contributed by atoms with van der Waals surface area (Å²) in [6, 6.07) is 1.51. The lowest BCUT2D eigenvalue weighted by atomic mass is 9.49. The number of allylic oxidation sites excluding steroid dienone is 6. The Morgan fingerprint density at radius 3 is 2.05 bits per heavy atom. The third kappa shape index (κ3) is 28.2. The molecule has 8 rings (SSSR count). The molecule has 8 aliphatic rings. The Morgan fingerprint density at radius 1 is 0.774 bits per heavy atom. The largest absolute Gasteiger partial charge is 0.381 e. The molecule has 93 heavy (non-hydrogen) atoms. The maximum atomic E-state index is 8.00. The molecule has 2 saturated carbocycles. The average Bonchev–Trinajstić information content (AvgIpc) is 1.42. The predicted molar refractivity (Wildman–Crippen MR) is 408 cm³/mol. The summed E-state index contributed by atoms with van der Waals surface area (Å²) in [7, 11) is 4.37. The van der Waals surface area contributed by atoms with Gasteiger partial charge in [0, 0.05) is 93.0 Å². The Hall–Kier alpha value is -2.71. The molecule has 550 valence electrons. The first-order chi connectivity index (χ1) is 44.3. The van der Waals surface area contributed by atoms with Gasteiger partial charge in [-0.1, -0.05) is 141 Å². The molecule has 4 aliphatic heterocycles. The van der Waals surface area contributed by atoms with E-state index in [0.717, 1.165) is 132 Å². The molecule has 0 aromatic rings. The second kappa shape index (κ2) is 51.5. The number of carbonyl (C=O) groups excluding carboxylic acids is 3. The SMILES string of the molecule is C.C.C=O.C=O.C=O.CC.CC.CC1CC(C2CCOCC2)CC[C@@H]2CCCN2[C@H](CNCCNCCCCN)C1C.CCCCC(C)(C)C1CC2=C(CCC(N(CCC)CCC(C)C3CC4(CCC4)C3)=C2)C(CC)CC2=C([C@H]1OC)N(C)CC(CCCNCCC)=C2.[HH].[HH]. The van der Waals surface area contributed by atoms with Gasteiger partial charge in [-0.3, -0.25) is 4.90 Å². The van der Waals surface area contributed by atoms with E-state index in [-0.39, 0.29) is 29.2 Å². The van der Waals surface area contributed by atoms with E-state index in [1.54, 1.807) is 28.0 Å². The molecular formula is C81H161N7O5. The summed E-state index contributed by atoms with van der Waals surface area (Å²) in [4.78, 5) is 32.4. The van der Waals surface area contributed by atoms with Crippen molar-refractivity contribution >= 4 is 20.4 Å². The van der Waals surface area contributed by atoms with Crippen LogP contribution in [0.2, 0.25) is 0 Å². The molecule has 5 fully saturated rings. The number of unbranched alkanes of at least 4 members (excludes halogenated alkanes) is 2. The van der Waals surface area contributed by atoms with Crippen molar-refractivity contribution in [1.29, 1.82) is 0 Å². The average molecular weight is 1310 g/mol. The van der Waals surface area contributed by atoms with Gasteiger partial charge in [0.15, 0.2) is 0 Å². The van der Waals surface area contributed by atoms with Crippen molar-refractivity contribution in [2.75, 3.05) is 99.4 Å². The summed E-state index contributed by atoms with van der Waals surface area (Å²) in [6.45, 7) is 50.4. The molecule has 0 bridgehead atoms. The second-order valence-corrected chi connectivity index (χ2v) is 29.2. The minimum Gasteiger partial charge on any atom is -0.381 e. The van der Waals surface area contributed by atoms with Crippen LogP contribution in [0.1, 0.15) is 281 Å². The minimum absolute atomic E-state index is 0. The maximum Gasteiger partial charge on any atom is 0.106 e. The Balaban J connectivity index is -0.00000165. The van der Waals surface area contributed by atoms with Gasteiger partial charge < -0.3 is 55.3 Å². The molecule has 6 unspecified atom stereocenters. The highest BCUT2D eigenvalue weighted by Crippen LogP contribution is 2.61. The number of carbonyl (C=O) groups is 3. The normalized spacial score (nSPS) is 25.6. The van der Waals surface area contributed by atoms with E-state index in [2.05, 4.69) is 112 Å². The molecule has 4 heterocycles. The number of nitrogens with one attached hydrogen (secondary N) is 3. The van der Waals surface area contributed by atoms with E-state index in [4.69, 9.17) is 29.6 Å².